The quantitative estimate of drug-likeness (QED) is 0.467. The van der Waals surface area contributed by atoms with Gasteiger partial charge >= 0.3 is 5.97 Å². The molecule has 4 nitrogen and oxygen atoms in total. The zero-order valence-corrected chi connectivity index (χ0v) is 12.9. The van der Waals surface area contributed by atoms with Crippen molar-refractivity contribution in [1.29, 1.82) is 0 Å². The van der Waals surface area contributed by atoms with Gasteiger partial charge in [0.25, 0.3) is 0 Å². The molecule has 0 aromatic heterocycles. The summed E-state index contributed by atoms with van der Waals surface area (Å²) in [7, 11) is 0. The smallest absolute Gasteiger partial charge is 0.343 e. The molecule has 0 aliphatic carbocycles. The molecular formula is C16H13BrO4. The zero-order chi connectivity index (χ0) is 15.2. The SMILES string of the molecule is CCOc1cc(C=O)ccc1OC(=O)c1ccc(Br)cc1. The van der Waals surface area contributed by atoms with Crippen LogP contribution in [0.2, 0.25) is 0 Å². The fraction of sp³-hybridized carbons (Fsp3) is 0.125. The van der Waals surface area contributed by atoms with Crippen molar-refractivity contribution in [3.8, 4) is 11.5 Å². The first-order valence-electron chi connectivity index (χ1n) is 6.34. The number of halogens is 1. The lowest BCUT2D eigenvalue weighted by Crippen LogP contribution is -2.09. The van der Waals surface area contributed by atoms with Crippen molar-refractivity contribution in [2.24, 2.45) is 0 Å². The summed E-state index contributed by atoms with van der Waals surface area (Å²) in [6.07, 6.45) is 0.711. The highest BCUT2D eigenvalue weighted by atomic mass is 79.9. The van der Waals surface area contributed by atoms with Gasteiger partial charge < -0.3 is 9.47 Å². The van der Waals surface area contributed by atoms with E-state index >= 15 is 0 Å². The lowest BCUT2D eigenvalue weighted by molar-refractivity contribution is 0.0728. The molecule has 0 amide bonds. The molecule has 0 aliphatic rings. The third kappa shape index (κ3) is 3.92. The van der Waals surface area contributed by atoms with Crippen molar-refractivity contribution in [2.75, 3.05) is 6.61 Å². The van der Waals surface area contributed by atoms with E-state index < -0.39 is 5.97 Å². The second kappa shape index (κ2) is 7.04. The minimum atomic E-state index is -0.484. The van der Waals surface area contributed by atoms with Gasteiger partial charge in [0.05, 0.1) is 12.2 Å². The van der Waals surface area contributed by atoms with Crippen molar-refractivity contribution >= 4 is 28.2 Å². The highest BCUT2D eigenvalue weighted by molar-refractivity contribution is 9.10. The number of hydrogen-bond acceptors (Lipinski definition) is 4. The number of carbonyl (C=O) groups is 2. The molecule has 0 unspecified atom stereocenters. The maximum Gasteiger partial charge on any atom is 0.343 e. The average molecular weight is 349 g/mol. The second-order valence-electron chi connectivity index (χ2n) is 4.15. The molecule has 2 aromatic carbocycles. The Balaban J connectivity index is 2.23. The van der Waals surface area contributed by atoms with Crippen molar-refractivity contribution in [2.45, 2.75) is 6.92 Å². The number of ether oxygens (including phenoxy) is 2. The number of esters is 1. The maximum absolute atomic E-state index is 12.1. The summed E-state index contributed by atoms with van der Waals surface area (Å²) in [6, 6.07) is 11.5. The van der Waals surface area contributed by atoms with Crippen LogP contribution in [0.4, 0.5) is 0 Å². The van der Waals surface area contributed by atoms with Crippen LogP contribution in [0, 0.1) is 0 Å². The molecule has 108 valence electrons. The molecule has 0 saturated carbocycles. The Hall–Kier alpha value is -2.14. The van der Waals surface area contributed by atoms with Gasteiger partial charge in [-0.1, -0.05) is 15.9 Å². The first-order chi connectivity index (χ1) is 10.1. The molecule has 0 N–H and O–H groups in total. The fourth-order valence-electron chi connectivity index (χ4n) is 1.70. The van der Waals surface area contributed by atoms with Crippen molar-refractivity contribution in [3.63, 3.8) is 0 Å². The normalized spacial score (nSPS) is 10.0. The molecule has 0 atom stereocenters. The molecular weight excluding hydrogens is 336 g/mol. The molecule has 0 saturated heterocycles. The van der Waals surface area contributed by atoms with E-state index in [4.69, 9.17) is 9.47 Å². The number of aldehydes is 1. The van der Waals surface area contributed by atoms with Gasteiger partial charge in [0, 0.05) is 10.0 Å². The fourth-order valence-corrected chi connectivity index (χ4v) is 1.96. The Kier molecular flexibility index (Phi) is 5.11. The lowest BCUT2D eigenvalue weighted by Gasteiger charge is -2.11. The van der Waals surface area contributed by atoms with Crippen LogP contribution >= 0.6 is 15.9 Å². The van der Waals surface area contributed by atoms with E-state index in [-0.39, 0.29) is 5.75 Å². The van der Waals surface area contributed by atoms with Crippen LogP contribution in [0.1, 0.15) is 27.6 Å². The predicted octanol–water partition coefficient (Wildman–Crippen LogP) is 3.88. The first kappa shape index (κ1) is 15.3. The van der Waals surface area contributed by atoms with Gasteiger partial charge in [0.2, 0.25) is 0 Å². The van der Waals surface area contributed by atoms with Gasteiger partial charge in [-0.15, -0.1) is 0 Å². The Morgan fingerprint density at radius 1 is 1.14 bits per heavy atom. The van der Waals surface area contributed by atoms with Gasteiger partial charge in [-0.2, -0.15) is 0 Å². The van der Waals surface area contributed by atoms with Crippen LogP contribution < -0.4 is 9.47 Å². The van der Waals surface area contributed by atoms with Crippen LogP contribution in [0.25, 0.3) is 0 Å². The molecule has 0 aliphatic heterocycles. The molecule has 2 rings (SSSR count). The van der Waals surface area contributed by atoms with Gasteiger partial charge in [0.1, 0.15) is 6.29 Å². The van der Waals surface area contributed by atoms with E-state index in [1.54, 1.807) is 42.5 Å². The molecule has 21 heavy (non-hydrogen) atoms. The highest BCUT2D eigenvalue weighted by Gasteiger charge is 2.13. The molecule has 0 bridgehead atoms. The van der Waals surface area contributed by atoms with Crippen molar-refractivity contribution < 1.29 is 19.1 Å². The van der Waals surface area contributed by atoms with E-state index in [2.05, 4.69) is 15.9 Å². The van der Waals surface area contributed by atoms with Crippen LogP contribution in [0.3, 0.4) is 0 Å². The standard InChI is InChI=1S/C16H13BrO4/c1-2-20-15-9-11(10-18)3-8-14(15)21-16(19)12-4-6-13(17)7-5-12/h3-10H,2H2,1H3. The minimum absolute atomic E-state index is 0.287. The van der Waals surface area contributed by atoms with E-state index in [1.165, 1.54) is 0 Å². The third-order valence-electron chi connectivity index (χ3n) is 2.69. The molecule has 2 aromatic rings. The maximum atomic E-state index is 12.1. The van der Waals surface area contributed by atoms with Gasteiger partial charge in [-0.3, -0.25) is 4.79 Å². The van der Waals surface area contributed by atoms with Crippen LogP contribution in [-0.2, 0) is 0 Å². The van der Waals surface area contributed by atoms with Crippen molar-refractivity contribution in [1.82, 2.24) is 0 Å². The number of hydrogen-bond donors (Lipinski definition) is 0. The summed E-state index contributed by atoms with van der Waals surface area (Å²) < 4.78 is 11.6. The Morgan fingerprint density at radius 2 is 1.86 bits per heavy atom. The lowest BCUT2D eigenvalue weighted by atomic mass is 10.2. The average Bonchev–Trinajstić information content (AvgIpc) is 2.49. The minimum Gasteiger partial charge on any atom is -0.490 e. The molecule has 0 fully saturated rings. The molecule has 0 radical (unpaired) electrons. The summed E-state index contributed by atoms with van der Waals surface area (Å²) in [5, 5.41) is 0. The van der Waals surface area contributed by atoms with Gasteiger partial charge in [-0.25, -0.2) is 4.79 Å². The van der Waals surface area contributed by atoms with E-state index in [9.17, 15) is 9.59 Å². The Bertz CT molecular complexity index is 650. The number of benzene rings is 2. The summed E-state index contributed by atoms with van der Waals surface area (Å²) in [5.74, 6) is 0.172. The molecule has 0 heterocycles. The van der Waals surface area contributed by atoms with Crippen molar-refractivity contribution in [3.05, 3.63) is 58.1 Å². The summed E-state index contributed by atoms with van der Waals surface area (Å²) in [4.78, 5) is 22.9. The van der Waals surface area contributed by atoms with Crippen LogP contribution in [-0.4, -0.2) is 18.9 Å². The summed E-state index contributed by atoms with van der Waals surface area (Å²) in [6.45, 7) is 2.22. The molecule has 0 spiro atoms. The predicted molar refractivity (Wildman–Crippen MR) is 82.1 cm³/mol. The summed E-state index contributed by atoms with van der Waals surface area (Å²) in [5.41, 5.74) is 0.891. The first-order valence-corrected chi connectivity index (χ1v) is 7.13. The van der Waals surface area contributed by atoms with Crippen LogP contribution in [0.15, 0.2) is 46.9 Å². The van der Waals surface area contributed by atoms with E-state index in [0.29, 0.717) is 29.8 Å². The third-order valence-corrected chi connectivity index (χ3v) is 3.21. The van der Waals surface area contributed by atoms with E-state index in [0.717, 1.165) is 4.47 Å². The Morgan fingerprint density at radius 3 is 2.48 bits per heavy atom. The monoisotopic (exact) mass is 348 g/mol. The van der Waals surface area contributed by atoms with Crippen LogP contribution in [0.5, 0.6) is 11.5 Å². The van der Waals surface area contributed by atoms with E-state index in [1.807, 2.05) is 6.92 Å². The number of carbonyl (C=O) groups excluding carboxylic acids is 2. The second-order valence-corrected chi connectivity index (χ2v) is 5.07. The Labute approximate surface area is 130 Å². The number of rotatable bonds is 5. The summed E-state index contributed by atoms with van der Waals surface area (Å²) >= 11 is 3.30. The van der Waals surface area contributed by atoms with Gasteiger partial charge in [0.15, 0.2) is 11.5 Å². The molecule has 5 heteroatoms. The largest absolute Gasteiger partial charge is 0.490 e. The van der Waals surface area contributed by atoms with Gasteiger partial charge in [-0.05, 0) is 49.4 Å². The highest BCUT2D eigenvalue weighted by Crippen LogP contribution is 2.29. The topological polar surface area (TPSA) is 52.6 Å². The zero-order valence-electron chi connectivity index (χ0n) is 11.3.